The molecule has 1 amide bonds. The molecule has 2 aromatic rings. The smallest absolute Gasteiger partial charge is 0.306 e. The third kappa shape index (κ3) is 3.92. The number of carbonyl (C=O) groups excluding carboxylic acids is 1. The van der Waals surface area contributed by atoms with Crippen molar-refractivity contribution in [3.05, 3.63) is 47.3 Å². The highest BCUT2D eigenvalue weighted by Gasteiger charge is 2.32. The Morgan fingerprint density at radius 3 is 2.71 bits per heavy atom. The van der Waals surface area contributed by atoms with E-state index in [1.54, 1.807) is 37.3 Å². The third-order valence-corrected chi connectivity index (χ3v) is 3.85. The highest BCUT2D eigenvalue weighted by Crippen LogP contribution is 2.28. The highest BCUT2D eigenvalue weighted by molar-refractivity contribution is 5.93. The molecule has 0 spiro atoms. The first-order valence-electron chi connectivity index (χ1n) is 7.61. The molecular weight excluding hydrogens is 310 g/mol. The predicted molar refractivity (Wildman–Crippen MR) is 88.0 cm³/mol. The van der Waals surface area contributed by atoms with Crippen molar-refractivity contribution in [2.45, 2.75) is 32.2 Å². The molecule has 0 saturated heterocycles. The quantitative estimate of drug-likeness (QED) is 0.721. The number of H-pyrrole nitrogens is 1. The van der Waals surface area contributed by atoms with Gasteiger partial charge < -0.3 is 15.2 Å². The molecule has 1 aromatic heterocycles. The van der Waals surface area contributed by atoms with Crippen LogP contribution in [0.25, 0.3) is 0 Å². The van der Waals surface area contributed by atoms with Crippen LogP contribution < -0.4 is 10.1 Å². The number of rotatable bonds is 7. The average Bonchev–Trinajstić information content (AvgIpc) is 3.03. The van der Waals surface area contributed by atoms with Crippen molar-refractivity contribution in [2.75, 3.05) is 7.11 Å². The molecule has 7 heteroatoms. The van der Waals surface area contributed by atoms with Crippen LogP contribution in [0.2, 0.25) is 0 Å². The van der Waals surface area contributed by atoms with E-state index in [4.69, 9.17) is 4.74 Å². The van der Waals surface area contributed by atoms with Gasteiger partial charge in [-0.05, 0) is 37.1 Å². The van der Waals surface area contributed by atoms with E-state index < -0.39 is 17.4 Å². The van der Waals surface area contributed by atoms with Crippen LogP contribution in [-0.2, 0) is 16.8 Å². The van der Waals surface area contributed by atoms with E-state index in [0.717, 1.165) is 12.1 Å². The molecule has 0 aliphatic carbocycles. The van der Waals surface area contributed by atoms with Crippen LogP contribution >= 0.6 is 0 Å². The monoisotopic (exact) mass is 331 g/mol. The Bertz CT molecular complexity index is 741. The molecule has 0 fully saturated rings. The Labute approximate surface area is 140 Å². The van der Waals surface area contributed by atoms with Gasteiger partial charge in [0.15, 0.2) is 0 Å². The van der Waals surface area contributed by atoms with Crippen molar-refractivity contribution >= 4 is 11.9 Å². The number of carbonyl (C=O) groups is 2. The average molecular weight is 331 g/mol. The summed E-state index contributed by atoms with van der Waals surface area (Å²) in [6.07, 6.45) is 0.458. The third-order valence-electron chi connectivity index (χ3n) is 3.85. The summed E-state index contributed by atoms with van der Waals surface area (Å²) in [5.41, 5.74) is 0.611. The molecule has 0 bridgehead atoms. The Kier molecular flexibility index (Phi) is 5.23. The summed E-state index contributed by atoms with van der Waals surface area (Å²) in [6.45, 7) is 3.61. The van der Waals surface area contributed by atoms with Gasteiger partial charge in [-0.25, -0.2) is 0 Å². The summed E-state index contributed by atoms with van der Waals surface area (Å²) in [5, 5.41) is 18.8. The SMILES string of the molecule is CCc1cc(C(=O)NC(C)(CC(=O)O)c2cccc(OC)c2)n[nH]1. The number of amides is 1. The van der Waals surface area contributed by atoms with Gasteiger partial charge in [0, 0.05) is 5.69 Å². The summed E-state index contributed by atoms with van der Waals surface area (Å²) < 4.78 is 5.19. The lowest BCUT2D eigenvalue weighted by atomic mass is 9.88. The maximum Gasteiger partial charge on any atom is 0.306 e. The summed E-state index contributed by atoms with van der Waals surface area (Å²) in [4.78, 5) is 23.8. The number of methoxy groups -OCH3 is 1. The fourth-order valence-electron chi connectivity index (χ4n) is 2.46. The number of ether oxygens (including phenoxy) is 1. The van der Waals surface area contributed by atoms with Crippen LogP contribution in [0.1, 0.15) is 42.0 Å². The fourth-order valence-corrected chi connectivity index (χ4v) is 2.46. The van der Waals surface area contributed by atoms with Crippen LogP contribution in [0.3, 0.4) is 0 Å². The second kappa shape index (κ2) is 7.16. The van der Waals surface area contributed by atoms with Crippen molar-refractivity contribution in [2.24, 2.45) is 0 Å². The van der Waals surface area contributed by atoms with Crippen LogP contribution in [-0.4, -0.2) is 34.3 Å². The first kappa shape index (κ1) is 17.5. The van der Waals surface area contributed by atoms with Crippen LogP contribution in [0.15, 0.2) is 30.3 Å². The zero-order valence-corrected chi connectivity index (χ0v) is 13.9. The Morgan fingerprint density at radius 1 is 1.38 bits per heavy atom. The molecule has 0 aliphatic heterocycles. The molecule has 1 heterocycles. The standard InChI is InChI=1S/C17H21N3O4/c1-4-12-9-14(20-19-12)16(23)18-17(2,10-15(21)22)11-6-5-7-13(8-11)24-3/h5-9H,4,10H2,1-3H3,(H,18,23)(H,19,20)(H,21,22). The van der Waals surface area contributed by atoms with Gasteiger partial charge in [0.1, 0.15) is 11.4 Å². The van der Waals surface area contributed by atoms with Gasteiger partial charge in [-0.3, -0.25) is 14.7 Å². The van der Waals surface area contributed by atoms with E-state index in [1.165, 1.54) is 7.11 Å². The second-order valence-electron chi connectivity index (χ2n) is 5.72. The van der Waals surface area contributed by atoms with Gasteiger partial charge in [-0.2, -0.15) is 5.10 Å². The summed E-state index contributed by atoms with van der Waals surface area (Å²) in [7, 11) is 1.53. The molecule has 0 aliphatic rings. The minimum absolute atomic E-state index is 0.228. The molecule has 1 atom stereocenters. The molecule has 128 valence electrons. The Morgan fingerprint density at radius 2 is 2.12 bits per heavy atom. The maximum absolute atomic E-state index is 12.5. The number of hydrogen-bond acceptors (Lipinski definition) is 4. The Hall–Kier alpha value is -2.83. The first-order chi connectivity index (χ1) is 11.4. The molecule has 0 radical (unpaired) electrons. The van der Waals surface area contributed by atoms with E-state index in [1.807, 2.05) is 6.92 Å². The topological polar surface area (TPSA) is 104 Å². The molecule has 7 nitrogen and oxygen atoms in total. The Balaban J connectivity index is 2.32. The molecule has 1 aromatic carbocycles. The number of nitrogens with one attached hydrogen (secondary N) is 2. The van der Waals surface area contributed by atoms with Gasteiger partial charge in [0.2, 0.25) is 0 Å². The summed E-state index contributed by atoms with van der Waals surface area (Å²) in [6, 6.07) is 8.64. The van der Waals surface area contributed by atoms with Gasteiger partial charge in [-0.15, -0.1) is 0 Å². The van der Waals surface area contributed by atoms with Crippen LogP contribution in [0.5, 0.6) is 5.75 Å². The lowest BCUT2D eigenvalue weighted by Gasteiger charge is -2.30. The number of nitrogens with zero attached hydrogens (tertiary/aromatic N) is 1. The van der Waals surface area contributed by atoms with Crippen LogP contribution in [0.4, 0.5) is 0 Å². The zero-order chi connectivity index (χ0) is 17.7. The molecule has 24 heavy (non-hydrogen) atoms. The number of carboxylic acid groups (broad SMARTS) is 1. The van der Waals surface area contributed by atoms with Crippen molar-refractivity contribution in [1.29, 1.82) is 0 Å². The largest absolute Gasteiger partial charge is 0.497 e. The molecule has 2 rings (SSSR count). The van der Waals surface area contributed by atoms with Crippen molar-refractivity contribution in [3.8, 4) is 5.75 Å². The zero-order valence-electron chi connectivity index (χ0n) is 13.9. The molecule has 1 unspecified atom stereocenters. The van der Waals surface area contributed by atoms with Crippen molar-refractivity contribution < 1.29 is 19.4 Å². The number of carboxylic acids is 1. The number of hydrogen-bond donors (Lipinski definition) is 3. The van der Waals surface area contributed by atoms with E-state index in [-0.39, 0.29) is 12.1 Å². The molecule has 0 saturated carbocycles. The van der Waals surface area contributed by atoms with E-state index in [2.05, 4.69) is 15.5 Å². The molecule has 3 N–H and O–H groups in total. The van der Waals surface area contributed by atoms with Gasteiger partial charge >= 0.3 is 5.97 Å². The summed E-state index contributed by atoms with van der Waals surface area (Å²) >= 11 is 0. The normalized spacial score (nSPS) is 13.1. The second-order valence-corrected chi connectivity index (χ2v) is 5.72. The minimum atomic E-state index is -1.09. The van der Waals surface area contributed by atoms with Crippen molar-refractivity contribution in [3.63, 3.8) is 0 Å². The number of benzene rings is 1. The van der Waals surface area contributed by atoms with Gasteiger partial charge in [0.05, 0.1) is 19.1 Å². The number of aromatic nitrogens is 2. The predicted octanol–water partition coefficient (Wildman–Crippen LogP) is 2.10. The van der Waals surface area contributed by atoms with E-state index in [9.17, 15) is 14.7 Å². The lowest BCUT2D eigenvalue weighted by Crippen LogP contribution is -2.45. The van der Waals surface area contributed by atoms with Gasteiger partial charge in [-0.1, -0.05) is 19.1 Å². The first-order valence-corrected chi connectivity index (χ1v) is 7.61. The van der Waals surface area contributed by atoms with Crippen molar-refractivity contribution in [1.82, 2.24) is 15.5 Å². The number of aryl methyl sites for hydroxylation is 1. The maximum atomic E-state index is 12.5. The number of aliphatic carboxylic acids is 1. The summed E-state index contributed by atoms with van der Waals surface area (Å²) in [5.74, 6) is -0.860. The minimum Gasteiger partial charge on any atom is -0.497 e. The number of aromatic amines is 1. The lowest BCUT2D eigenvalue weighted by molar-refractivity contribution is -0.138. The molecular formula is C17H21N3O4. The van der Waals surface area contributed by atoms with E-state index in [0.29, 0.717) is 11.3 Å². The van der Waals surface area contributed by atoms with Crippen LogP contribution in [0, 0.1) is 0 Å². The highest BCUT2D eigenvalue weighted by atomic mass is 16.5. The van der Waals surface area contributed by atoms with Gasteiger partial charge in [0.25, 0.3) is 5.91 Å². The fraction of sp³-hybridized carbons (Fsp3) is 0.353. The van der Waals surface area contributed by atoms with E-state index >= 15 is 0 Å².